The molecule has 15 heavy (non-hydrogen) atoms. The van der Waals surface area contributed by atoms with Crippen molar-refractivity contribution < 1.29 is 9.90 Å². The number of rotatable bonds is 4. The Kier molecular flexibility index (Phi) is 3.47. The normalized spacial score (nSPS) is 11.5. The first-order valence-electron chi connectivity index (χ1n) is 4.82. The zero-order chi connectivity index (χ0) is 11.5. The second-order valence-electron chi connectivity index (χ2n) is 4.43. The smallest absolute Gasteiger partial charge is 0.271 e. The quantitative estimate of drug-likeness (QED) is 0.746. The fraction of sp³-hybridized carbons (Fsp3) is 0.600. The van der Waals surface area contributed by atoms with E-state index in [1.165, 1.54) is 0 Å². The lowest BCUT2D eigenvalue weighted by molar-refractivity contribution is 0.0906. The Bertz CT molecular complexity index is 344. The van der Waals surface area contributed by atoms with Crippen LogP contribution in [0.25, 0.3) is 0 Å². The number of carbonyl (C=O) groups is 1. The van der Waals surface area contributed by atoms with E-state index >= 15 is 0 Å². The standard InChI is InChI=1S/C10H17N3O2/c1-10(2,6-14)5-11-9(15)8-4-13(3)7-12-8/h4,7,14H,5-6H2,1-3H3,(H,11,15). The first kappa shape index (κ1) is 11.7. The molecule has 0 unspecified atom stereocenters. The lowest BCUT2D eigenvalue weighted by atomic mass is 9.95. The van der Waals surface area contributed by atoms with Gasteiger partial charge in [-0.1, -0.05) is 13.8 Å². The van der Waals surface area contributed by atoms with Crippen LogP contribution < -0.4 is 5.32 Å². The summed E-state index contributed by atoms with van der Waals surface area (Å²) >= 11 is 0. The molecule has 0 bridgehead atoms. The molecule has 0 atom stereocenters. The maximum atomic E-state index is 11.6. The van der Waals surface area contributed by atoms with Crippen LogP contribution >= 0.6 is 0 Å². The van der Waals surface area contributed by atoms with Crippen molar-refractivity contribution in [2.24, 2.45) is 12.5 Å². The average Bonchev–Trinajstić information content (AvgIpc) is 2.61. The van der Waals surface area contributed by atoms with Gasteiger partial charge in [-0.05, 0) is 0 Å². The van der Waals surface area contributed by atoms with Crippen molar-refractivity contribution in [1.82, 2.24) is 14.9 Å². The van der Waals surface area contributed by atoms with E-state index in [1.54, 1.807) is 24.1 Å². The molecule has 0 aliphatic heterocycles. The number of hydrogen-bond acceptors (Lipinski definition) is 3. The molecule has 1 rings (SSSR count). The average molecular weight is 211 g/mol. The van der Waals surface area contributed by atoms with Crippen LogP contribution in [0.5, 0.6) is 0 Å². The van der Waals surface area contributed by atoms with E-state index in [1.807, 2.05) is 13.8 Å². The summed E-state index contributed by atoms with van der Waals surface area (Å²) in [6.45, 7) is 4.23. The molecule has 84 valence electrons. The molecule has 0 saturated heterocycles. The minimum atomic E-state index is -0.301. The number of nitrogens with zero attached hydrogens (tertiary/aromatic N) is 2. The Labute approximate surface area is 89.1 Å². The molecule has 0 radical (unpaired) electrons. The van der Waals surface area contributed by atoms with Crippen LogP contribution in [0.15, 0.2) is 12.5 Å². The van der Waals surface area contributed by atoms with Gasteiger partial charge in [0.15, 0.2) is 0 Å². The van der Waals surface area contributed by atoms with Crippen LogP contribution in [-0.2, 0) is 7.05 Å². The second-order valence-corrected chi connectivity index (χ2v) is 4.43. The van der Waals surface area contributed by atoms with Gasteiger partial charge in [0.1, 0.15) is 5.69 Å². The fourth-order valence-electron chi connectivity index (χ4n) is 0.996. The number of amides is 1. The van der Waals surface area contributed by atoms with Gasteiger partial charge in [0, 0.05) is 31.8 Å². The predicted molar refractivity (Wildman–Crippen MR) is 56.4 cm³/mol. The van der Waals surface area contributed by atoms with E-state index in [9.17, 15) is 4.79 Å². The molecule has 0 aromatic carbocycles. The maximum absolute atomic E-state index is 11.6. The lowest BCUT2D eigenvalue weighted by Crippen LogP contribution is -2.36. The summed E-state index contributed by atoms with van der Waals surface area (Å²) in [5.74, 6) is -0.211. The van der Waals surface area contributed by atoms with Crippen LogP contribution in [-0.4, -0.2) is 33.7 Å². The van der Waals surface area contributed by atoms with Crippen LogP contribution in [0.1, 0.15) is 24.3 Å². The fourth-order valence-corrected chi connectivity index (χ4v) is 0.996. The minimum Gasteiger partial charge on any atom is -0.396 e. The number of aliphatic hydroxyl groups is 1. The van der Waals surface area contributed by atoms with Crippen molar-refractivity contribution in [2.45, 2.75) is 13.8 Å². The molecule has 0 aliphatic rings. The van der Waals surface area contributed by atoms with Gasteiger partial charge in [0.05, 0.1) is 6.33 Å². The number of aryl methyl sites for hydroxylation is 1. The molecule has 1 aromatic heterocycles. The maximum Gasteiger partial charge on any atom is 0.271 e. The van der Waals surface area contributed by atoms with Gasteiger partial charge in [-0.25, -0.2) is 4.98 Å². The van der Waals surface area contributed by atoms with Crippen LogP contribution in [0.4, 0.5) is 0 Å². The summed E-state index contributed by atoms with van der Waals surface area (Å²) in [4.78, 5) is 15.5. The van der Waals surface area contributed by atoms with Crippen molar-refractivity contribution >= 4 is 5.91 Å². The number of carbonyl (C=O) groups excluding carboxylic acids is 1. The van der Waals surface area contributed by atoms with Crippen LogP contribution in [0, 0.1) is 5.41 Å². The highest BCUT2D eigenvalue weighted by Gasteiger charge is 2.18. The molecule has 1 amide bonds. The highest BCUT2D eigenvalue weighted by atomic mass is 16.3. The third-order valence-corrected chi connectivity index (χ3v) is 2.09. The van der Waals surface area contributed by atoms with Crippen molar-refractivity contribution in [3.05, 3.63) is 18.2 Å². The summed E-state index contributed by atoms with van der Waals surface area (Å²) in [5.41, 5.74) is 0.0935. The van der Waals surface area contributed by atoms with E-state index in [-0.39, 0.29) is 17.9 Å². The Balaban J connectivity index is 2.50. The van der Waals surface area contributed by atoms with Crippen molar-refractivity contribution in [3.8, 4) is 0 Å². The molecule has 2 N–H and O–H groups in total. The van der Waals surface area contributed by atoms with E-state index in [2.05, 4.69) is 10.3 Å². The van der Waals surface area contributed by atoms with E-state index in [0.717, 1.165) is 0 Å². The van der Waals surface area contributed by atoms with Gasteiger partial charge < -0.3 is 15.0 Å². The molecule has 5 nitrogen and oxygen atoms in total. The van der Waals surface area contributed by atoms with Gasteiger partial charge >= 0.3 is 0 Å². The minimum absolute atomic E-state index is 0.0372. The van der Waals surface area contributed by atoms with Crippen molar-refractivity contribution in [2.75, 3.05) is 13.2 Å². The van der Waals surface area contributed by atoms with Crippen LogP contribution in [0.2, 0.25) is 0 Å². The van der Waals surface area contributed by atoms with E-state index < -0.39 is 0 Å². The van der Waals surface area contributed by atoms with Gasteiger partial charge in [0.25, 0.3) is 5.91 Å². The van der Waals surface area contributed by atoms with E-state index in [0.29, 0.717) is 12.2 Å². The zero-order valence-corrected chi connectivity index (χ0v) is 9.32. The van der Waals surface area contributed by atoms with Crippen molar-refractivity contribution in [1.29, 1.82) is 0 Å². The number of aromatic nitrogens is 2. The molecule has 0 spiro atoms. The summed E-state index contributed by atoms with van der Waals surface area (Å²) in [5, 5.41) is 11.7. The molecule has 0 fully saturated rings. The summed E-state index contributed by atoms with van der Waals surface area (Å²) < 4.78 is 1.71. The SMILES string of the molecule is Cn1cnc(C(=O)NCC(C)(C)CO)c1. The Morgan fingerprint density at radius 3 is 2.80 bits per heavy atom. The van der Waals surface area contributed by atoms with E-state index in [4.69, 9.17) is 5.11 Å². The molecular formula is C10H17N3O2. The highest BCUT2D eigenvalue weighted by Crippen LogP contribution is 2.11. The number of aliphatic hydroxyl groups excluding tert-OH is 1. The summed E-state index contributed by atoms with van der Waals surface area (Å²) in [6, 6.07) is 0. The Hall–Kier alpha value is -1.36. The number of imidazole rings is 1. The third-order valence-electron chi connectivity index (χ3n) is 2.09. The Morgan fingerprint density at radius 2 is 2.33 bits per heavy atom. The molecule has 5 heteroatoms. The third kappa shape index (κ3) is 3.36. The number of hydrogen-bond donors (Lipinski definition) is 2. The summed E-state index contributed by atoms with van der Waals surface area (Å²) in [6.07, 6.45) is 3.23. The largest absolute Gasteiger partial charge is 0.396 e. The zero-order valence-electron chi connectivity index (χ0n) is 9.32. The molecular weight excluding hydrogens is 194 g/mol. The summed E-state index contributed by atoms with van der Waals surface area (Å²) in [7, 11) is 1.81. The van der Waals surface area contributed by atoms with Gasteiger partial charge in [-0.3, -0.25) is 4.79 Å². The first-order chi connectivity index (χ1) is 6.94. The first-order valence-corrected chi connectivity index (χ1v) is 4.82. The molecule has 0 saturated carbocycles. The van der Waals surface area contributed by atoms with Crippen molar-refractivity contribution in [3.63, 3.8) is 0 Å². The van der Waals surface area contributed by atoms with Gasteiger partial charge in [-0.15, -0.1) is 0 Å². The molecule has 1 aromatic rings. The van der Waals surface area contributed by atoms with Crippen LogP contribution in [0.3, 0.4) is 0 Å². The topological polar surface area (TPSA) is 67.2 Å². The number of nitrogens with one attached hydrogen (secondary N) is 1. The van der Waals surface area contributed by atoms with Gasteiger partial charge in [0.2, 0.25) is 0 Å². The second kappa shape index (κ2) is 4.44. The highest BCUT2D eigenvalue weighted by molar-refractivity contribution is 5.92. The molecule has 1 heterocycles. The monoisotopic (exact) mass is 211 g/mol. The predicted octanol–water partition coefficient (Wildman–Crippen LogP) is 0.168. The lowest BCUT2D eigenvalue weighted by Gasteiger charge is -2.21. The Morgan fingerprint density at radius 1 is 1.67 bits per heavy atom. The van der Waals surface area contributed by atoms with Gasteiger partial charge in [-0.2, -0.15) is 0 Å². The molecule has 0 aliphatic carbocycles.